The maximum Gasteiger partial charge on any atom is 0.129 e. The molecule has 2 unspecified atom stereocenters. The number of anilines is 1. The van der Waals surface area contributed by atoms with E-state index in [2.05, 4.69) is 37.1 Å². The third-order valence-corrected chi connectivity index (χ3v) is 4.18. The van der Waals surface area contributed by atoms with Crippen molar-refractivity contribution in [2.45, 2.75) is 19.9 Å². The second-order valence-electron chi connectivity index (χ2n) is 5.71. The molecule has 2 aromatic rings. The minimum atomic E-state index is 0.559. The monoisotopic (exact) mass is 255 g/mol. The summed E-state index contributed by atoms with van der Waals surface area (Å²) in [5, 5.41) is 1.17. The number of pyridine rings is 1. The van der Waals surface area contributed by atoms with E-state index < -0.39 is 0 Å². The molecule has 1 aromatic carbocycles. The molecule has 0 radical (unpaired) electrons. The van der Waals surface area contributed by atoms with Crippen molar-refractivity contribution >= 4 is 16.7 Å². The van der Waals surface area contributed by atoms with E-state index in [-0.39, 0.29) is 0 Å². The van der Waals surface area contributed by atoms with Gasteiger partial charge in [-0.25, -0.2) is 4.98 Å². The van der Waals surface area contributed by atoms with E-state index in [0.29, 0.717) is 6.54 Å². The summed E-state index contributed by atoms with van der Waals surface area (Å²) in [6.45, 7) is 3.97. The molecule has 100 valence electrons. The van der Waals surface area contributed by atoms with Crippen molar-refractivity contribution in [3.05, 3.63) is 35.9 Å². The molecule has 0 saturated heterocycles. The van der Waals surface area contributed by atoms with Crippen LogP contribution in [0.25, 0.3) is 10.9 Å². The lowest BCUT2D eigenvalue weighted by Crippen LogP contribution is -2.22. The molecule has 1 fully saturated rings. The Labute approximate surface area is 114 Å². The van der Waals surface area contributed by atoms with Gasteiger partial charge in [0.05, 0.1) is 5.52 Å². The van der Waals surface area contributed by atoms with Gasteiger partial charge >= 0.3 is 0 Å². The van der Waals surface area contributed by atoms with Crippen molar-refractivity contribution in [2.24, 2.45) is 17.6 Å². The van der Waals surface area contributed by atoms with E-state index in [1.165, 1.54) is 17.4 Å². The number of benzene rings is 1. The standard InChI is InChI=1S/C16H21N3/c1-11-7-13(11)10-19(2)16-8-12(9-17)14-5-3-4-6-15(14)18-16/h3-6,8,11,13H,7,9-10,17H2,1-2H3. The van der Waals surface area contributed by atoms with Crippen LogP contribution >= 0.6 is 0 Å². The molecule has 0 bridgehead atoms. The molecule has 19 heavy (non-hydrogen) atoms. The minimum absolute atomic E-state index is 0.559. The maximum atomic E-state index is 5.87. The average molecular weight is 255 g/mol. The lowest BCUT2D eigenvalue weighted by Gasteiger charge is -2.20. The van der Waals surface area contributed by atoms with Gasteiger partial charge in [-0.15, -0.1) is 0 Å². The Morgan fingerprint density at radius 3 is 2.79 bits per heavy atom. The van der Waals surface area contributed by atoms with Crippen LogP contribution in [0.2, 0.25) is 0 Å². The van der Waals surface area contributed by atoms with Gasteiger partial charge in [-0.2, -0.15) is 0 Å². The van der Waals surface area contributed by atoms with Crippen LogP contribution in [0.1, 0.15) is 18.9 Å². The number of para-hydroxylation sites is 1. The maximum absolute atomic E-state index is 5.87. The van der Waals surface area contributed by atoms with Gasteiger partial charge in [0.15, 0.2) is 0 Å². The van der Waals surface area contributed by atoms with Gasteiger partial charge in [0.2, 0.25) is 0 Å². The van der Waals surface area contributed by atoms with Gasteiger partial charge in [0.1, 0.15) is 5.82 Å². The summed E-state index contributed by atoms with van der Waals surface area (Å²) in [5.41, 5.74) is 8.09. The van der Waals surface area contributed by atoms with Crippen LogP contribution in [0.3, 0.4) is 0 Å². The summed E-state index contributed by atoms with van der Waals surface area (Å²) in [6, 6.07) is 10.4. The van der Waals surface area contributed by atoms with Crippen LogP contribution in [0, 0.1) is 11.8 Å². The van der Waals surface area contributed by atoms with Gasteiger partial charge < -0.3 is 10.6 Å². The first kappa shape index (κ1) is 12.4. The Kier molecular flexibility index (Phi) is 3.15. The van der Waals surface area contributed by atoms with Gasteiger partial charge in [0, 0.05) is 25.5 Å². The van der Waals surface area contributed by atoms with Crippen LogP contribution in [0.4, 0.5) is 5.82 Å². The minimum Gasteiger partial charge on any atom is -0.359 e. The fourth-order valence-corrected chi connectivity index (χ4v) is 2.70. The molecule has 1 aromatic heterocycles. The van der Waals surface area contributed by atoms with Crippen molar-refractivity contribution in [2.75, 3.05) is 18.5 Å². The summed E-state index contributed by atoms with van der Waals surface area (Å²) in [4.78, 5) is 7.02. The van der Waals surface area contributed by atoms with E-state index >= 15 is 0 Å². The molecular weight excluding hydrogens is 234 g/mol. The van der Waals surface area contributed by atoms with Gasteiger partial charge in [-0.05, 0) is 36.0 Å². The van der Waals surface area contributed by atoms with Crippen molar-refractivity contribution in [1.82, 2.24) is 4.98 Å². The Morgan fingerprint density at radius 2 is 2.11 bits per heavy atom. The molecule has 0 spiro atoms. The SMILES string of the molecule is CC1CC1CN(C)c1cc(CN)c2ccccc2n1. The molecule has 0 amide bonds. The zero-order chi connectivity index (χ0) is 13.4. The first-order valence-corrected chi connectivity index (χ1v) is 6.99. The molecule has 0 aliphatic heterocycles. The van der Waals surface area contributed by atoms with Crippen LogP contribution in [-0.2, 0) is 6.54 Å². The van der Waals surface area contributed by atoms with Crippen molar-refractivity contribution < 1.29 is 0 Å². The smallest absolute Gasteiger partial charge is 0.129 e. The van der Waals surface area contributed by atoms with Crippen LogP contribution in [0.15, 0.2) is 30.3 Å². The van der Waals surface area contributed by atoms with Crippen molar-refractivity contribution in [1.29, 1.82) is 0 Å². The highest BCUT2D eigenvalue weighted by atomic mass is 15.2. The third-order valence-electron chi connectivity index (χ3n) is 4.18. The number of aromatic nitrogens is 1. The molecule has 1 aliphatic carbocycles. The van der Waals surface area contributed by atoms with Crippen molar-refractivity contribution in [3.8, 4) is 0 Å². The average Bonchev–Trinajstić information content (AvgIpc) is 3.12. The van der Waals surface area contributed by atoms with Crippen LogP contribution in [0.5, 0.6) is 0 Å². The largest absolute Gasteiger partial charge is 0.359 e. The third kappa shape index (κ3) is 2.43. The summed E-state index contributed by atoms with van der Waals surface area (Å²) in [7, 11) is 2.13. The number of nitrogens with two attached hydrogens (primary N) is 1. The van der Waals surface area contributed by atoms with Gasteiger partial charge in [-0.3, -0.25) is 0 Å². The van der Waals surface area contributed by atoms with E-state index in [0.717, 1.165) is 29.7 Å². The molecule has 2 N–H and O–H groups in total. The van der Waals surface area contributed by atoms with Crippen molar-refractivity contribution in [3.63, 3.8) is 0 Å². The molecule has 3 heteroatoms. The Morgan fingerprint density at radius 1 is 1.37 bits per heavy atom. The van der Waals surface area contributed by atoms with Gasteiger partial charge in [-0.1, -0.05) is 25.1 Å². The molecule has 2 atom stereocenters. The highest BCUT2D eigenvalue weighted by molar-refractivity contribution is 5.84. The Balaban J connectivity index is 1.94. The normalized spacial score (nSPS) is 21.6. The number of hydrogen-bond acceptors (Lipinski definition) is 3. The first-order valence-electron chi connectivity index (χ1n) is 6.99. The summed E-state index contributed by atoms with van der Waals surface area (Å²) in [6.07, 6.45) is 1.35. The Bertz CT molecular complexity index is 594. The second-order valence-corrected chi connectivity index (χ2v) is 5.71. The first-order chi connectivity index (χ1) is 9.19. The highest BCUT2D eigenvalue weighted by Crippen LogP contribution is 2.38. The quantitative estimate of drug-likeness (QED) is 0.913. The van der Waals surface area contributed by atoms with E-state index in [9.17, 15) is 0 Å². The zero-order valence-electron chi connectivity index (χ0n) is 11.6. The lowest BCUT2D eigenvalue weighted by atomic mass is 10.1. The summed E-state index contributed by atoms with van der Waals surface area (Å²) >= 11 is 0. The topological polar surface area (TPSA) is 42.1 Å². The summed E-state index contributed by atoms with van der Waals surface area (Å²) in [5.74, 6) is 2.75. The Hall–Kier alpha value is -1.61. The van der Waals surface area contributed by atoms with E-state index in [4.69, 9.17) is 10.7 Å². The molecule has 3 rings (SSSR count). The number of nitrogens with zero attached hydrogens (tertiary/aromatic N) is 2. The molecule has 1 aliphatic rings. The number of hydrogen-bond donors (Lipinski definition) is 1. The number of fused-ring (bicyclic) bond motifs is 1. The molecular formula is C16H21N3. The van der Waals surface area contributed by atoms with Gasteiger partial charge in [0.25, 0.3) is 0 Å². The molecule has 1 heterocycles. The number of rotatable bonds is 4. The fraction of sp³-hybridized carbons (Fsp3) is 0.438. The van der Waals surface area contributed by atoms with Crippen LogP contribution in [-0.4, -0.2) is 18.6 Å². The molecule has 1 saturated carbocycles. The highest BCUT2D eigenvalue weighted by Gasteiger charge is 2.33. The second kappa shape index (κ2) is 4.82. The zero-order valence-corrected chi connectivity index (χ0v) is 11.6. The molecule has 3 nitrogen and oxygen atoms in total. The summed E-state index contributed by atoms with van der Waals surface area (Å²) < 4.78 is 0. The predicted octanol–water partition coefficient (Wildman–Crippen LogP) is 2.79. The van der Waals surface area contributed by atoms with E-state index in [1.807, 2.05) is 12.1 Å². The predicted molar refractivity (Wildman–Crippen MR) is 80.2 cm³/mol. The van der Waals surface area contributed by atoms with Crippen LogP contribution < -0.4 is 10.6 Å². The fourth-order valence-electron chi connectivity index (χ4n) is 2.70. The lowest BCUT2D eigenvalue weighted by molar-refractivity contribution is 0.720. The van der Waals surface area contributed by atoms with E-state index in [1.54, 1.807) is 0 Å².